The zero-order chi connectivity index (χ0) is 16.9. The molecule has 0 aliphatic rings. The number of nitrogens with zero attached hydrogens (tertiary/aromatic N) is 2. The van der Waals surface area contributed by atoms with Gasteiger partial charge in [-0.25, -0.2) is 9.97 Å². The van der Waals surface area contributed by atoms with Gasteiger partial charge in [0, 0.05) is 18.5 Å². The summed E-state index contributed by atoms with van der Waals surface area (Å²) in [7, 11) is 1.61. The maximum atomic E-state index is 12.3. The lowest BCUT2D eigenvalue weighted by molar-refractivity contribution is 0.0940. The molecule has 0 fully saturated rings. The van der Waals surface area contributed by atoms with Crippen LogP contribution in [0.2, 0.25) is 0 Å². The number of aryl methyl sites for hydroxylation is 1. The molecule has 126 valence electrons. The third kappa shape index (κ3) is 3.55. The minimum atomic E-state index is -0.100. The van der Waals surface area contributed by atoms with Crippen LogP contribution in [0.1, 0.15) is 20.1 Å². The predicted octanol–water partition coefficient (Wildman–Crippen LogP) is 3.05. The van der Waals surface area contributed by atoms with Crippen LogP contribution in [0.3, 0.4) is 0 Å². The van der Waals surface area contributed by atoms with Crippen molar-refractivity contribution in [2.75, 3.05) is 25.6 Å². The zero-order valence-electron chi connectivity index (χ0n) is 13.5. The van der Waals surface area contributed by atoms with E-state index in [-0.39, 0.29) is 5.91 Å². The number of thiophene rings is 2. The van der Waals surface area contributed by atoms with Gasteiger partial charge in [-0.2, -0.15) is 0 Å². The number of carbonyl (C=O) groups is 1. The highest BCUT2D eigenvalue weighted by Gasteiger charge is 2.19. The Balaban J connectivity index is 1.84. The Hall–Kier alpha value is -2.03. The second kappa shape index (κ2) is 7.69. The number of nitrogens with one attached hydrogen (secondary N) is 2. The molecule has 0 aromatic carbocycles. The SMILES string of the molecule is COCCNC(=O)c1sc2ncnc(NCc3cccs3)c2c1C. The van der Waals surface area contributed by atoms with E-state index < -0.39 is 0 Å². The van der Waals surface area contributed by atoms with Gasteiger partial charge in [0.05, 0.1) is 23.4 Å². The third-order valence-electron chi connectivity index (χ3n) is 3.53. The second-order valence-corrected chi connectivity index (χ2v) is 7.17. The monoisotopic (exact) mass is 362 g/mol. The minimum Gasteiger partial charge on any atom is -0.383 e. The van der Waals surface area contributed by atoms with Crippen molar-refractivity contribution in [3.8, 4) is 0 Å². The third-order valence-corrected chi connectivity index (χ3v) is 5.61. The average Bonchev–Trinajstić information content (AvgIpc) is 3.21. The normalized spacial score (nSPS) is 10.9. The van der Waals surface area contributed by atoms with E-state index in [0.717, 1.165) is 21.6 Å². The molecule has 0 aliphatic carbocycles. The molecular formula is C16H18N4O2S2. The van der Waals surface area contributed by atoms with E-state index in [4.69, 9.17) is 4.74 Å². The summed E-state index contributed by atoms with van der Waals surface area (Å²) in [6.07, 6.45) is 1.53. The molecule has 1 amide bonds. The Kier molecular flexibility index (Phi) is 5.39. The molecule has 3 rings (SSSR count). The van der Waals surface area contributed by atoms with Gasteiger partial charge in [0.2, 0.25) is 0 Å². The summed E-state index contributed by atoms with van der Waals surface area (Å²) in [5.74, 6) is 0.662. The standard InChI is InChI=1S/C16H18N4O2S2/c1-10-12-14(18-8-11-4-3-7-23-11)19-9-20-16(12)24-13(10)15(21)17-5-6-22-2/h3-4,7,9H,5-6,8H2,1-2H3,(H,17,21)(H,18,19,20). The number of ether oxygens (including phenoxy) is 1. The first-order valence-electron chi connectivity index (χ1n) is 7.48. The molecule has 0 saturated carbocycles. The Labute approximate surface area is 147 Å². The lowest BCUT2D eigenvalue weighted by atomic mass is 10.2. The molecule has 2 N–H and O–H groups in total. The summed E-state index contributed by atoms with van der Waals surface area (Å²) in [4.78, 5) is 23.7. The van der Waals surface area contributed by atoms with Crippen LogP contribution >= 0.6 is 22.7 Å². The van der Waals surface area contributed by atoms with Crippen molar-refractivity contribution in [2.45, 2.75) is 13.5 Å². The van der Waals surface area contributed by atoms with Crippen molar-refractivity contribution in [3.05, 3.63) is 39.2 Å². The van der Waals surface area contributed by atoms with Gasteiger partial charge in [-0.1, -0.05) is 6.07 Å². The Bertz CT molecular complexity index is 830. The summed E-state index contributed by atoms with van der Waals surface area (Å²) in [6, 6.07) is 4.10. The van der Waals surface area contributed by atoms with Gasteiger partial charge in [0.1, 0.15) is 17.0 Å². The highest BCUT2D eigenvalue weighted by molar-refractivity contribution is 7.20. The van der Waals surface area contributed by atoms with Crippen LogP contribution < -0.4 is 10.6 Å². The van der Waals surface area contributed by atoms with Crippen LogP contribution in [0.15, 0.2) is 23.8 Å². The molecule has 24 heavy (non-hydrogen) atoms. The van der Waals surface area contributed by atoms with Crippen molar-refractivity contribution < 1.29 is 9.53 Å². The van der Waals surface area contributed by atoms with Gasteiger partial charge >= 0.3 is 0 Å². The molecule has 3 aromatic rings. The second-order valence-electron chi connectivity index (χ2n) is 5.14. The number of methoxy groups -OCH3 is 1. The van der Waals surface area contributed by atoms with Gasteiger partial charge in [0.15, 0.2) is 0 Å². The Morgan fingerprint density at radius 1 is 1.38 bits per heavy atom. The first-order chi connectivity index (χ1) is 11.7. The Morgan fingerprint density at radius 2 is 2.25 bits per heavy atom. The van der Waals surface area contributed by atoms with Crippen LogP contribution in [0.5, 0.6) is 0 Å². The lowest BCUT2D eigenvalue weighted by Crippen LogP contribution is -2.26. The molecule has 0 aliphatic heterocycles. The summed E-state index contributed by atoms with van der Waals surface area (Å²) < 4.78 is 4.96. The fourth-order valence-electron chi connectivity index (χ4n) is 2.35. The van der Waals surface area contributed by atoms with E-state index in [1.165, 1.54) is 22.5 Å². The summed E-state index contributed by atoms with van der Waals surface area (Å²) in [5.41, 5.74) is 0.902. The van der Waals surface area contributed by atoms with Crippen LogP contribution in [-0.2, 0) is 11.3 Å². The van der Waals surface area contributed by atoms with Crippen molar-refractivity contribution in [2.24, 2.45) is 0 Å². The van der Waals surface area contributed by atoms with Gasteiger partial charge in [0.25, 0.3) is 5.91 Å². The molecule has 0 saturated heterocycles. The fraction of sp³-hybridized carbons (Fsp3) is 0.312. The topological polar surface area (TPSA) is 76.1 Å². The largest absolute Gasteiger partial charge is 0.383 e. The van der Waals surface area contributed by atoms with Gasteiger partial charge < -0.3 is 15.4 Å². The molecule has 8 heteroatoms. The molecule has 0 atom stereocenters. The minimum absolute atomic E-state index is 0.100. The summed E-state index contributed by atoms with van der Waals surface area (Å²) >= 11 is 3.08. The molecular weight excluding hydrogens is 344 g/mol. The van der Waals surface area contributed by atoms with E-state index in [1.807, 2.05) is 18.4 Å². The molecule has 0 radical (unpaired) electrons. The van der Waals surface area contributed by atoms with Crippen molar-refractivity contribution in [1.82, 2.24) is 15.3 Å². The lowest BCUT2D eigenvalue weighted by Gasteiger charge is -2.06. The first kappa shape index (κ1) is 16.8. The molecule has 6 nitrogen and oxygen atoms in total. The number of anilines is 1. The van der Waals surface area contributed by atoms with E-state index in [0.29, 0.717) is 24.6 Å². The zero-order valence-corrected chi connectivity index (χ0v) is 15.1. The Morgan fingerprint density at radius 3 is 3.00 bits per heavy atom. The van der Waals surface area contributed by atoms with E-state index in [9.17, 15) is 4.79 Å². The quantitative estimate of drug-likeness (QED) is 0.632. The predicted molar refractivity (Wildman–Crippen MR) is 98.0 cm³/mol. The maximum Gasteiger partial charge on any atom is 0.261 e. The van der Waals surface area contributed by atoms with Gasteiger partial charge in [-0.15, -0.1) is 22.7 Å². The number of amides is 1. The smallest absolute Gasteiger partial charge is 0.261 e. The summed E-state index contributed by atoms with van der Waals surface area (Å²) in [5, 5.41) is 9.16. The number of carbonyl (C=O) groups excluding carboxylic acids is 1. The average molecular weight is 362 g/mol. The number of aromatic nitrogens is 2. The molecule has 0 unspecified atom stereocenters. The first-order valence-corrected chi connectivity index (χ1v) is 9.17. The number of fused-ring (bicyclic) bond motifs is 1. The highest BCUT2D eigenvalue weighted by Crippen LogP contribution is 2.33. The molecule has 0 spiro atoms. The number of rotatable bonds is 7. The van der Waals surface area contributed by atoms with Gasteiger partial charge in [-0.3, -0.25) is 4.79 Å². The van der Waals surface area contributed by atoms with Crippen molar-refractivity contribution >= 4 is 44.6 Å². The number of hydrogen-bond donors (Lipinski definition) is 2. The molecule has 0 bridgehead atoms. The van der Waals surface area contributed by atoms with Crippen molar-refractivity contribution in [1.29, 1.82) is 0 Å². The van der Waals surface area contributed by atoms with E-state index in [2.05, 4.69) is 26.7 Å². The van der Waals surface area contributed by atoms with Crippen LogP contribution in [0.4, 0.5) is 5.82 Å². The maximum absolute atomic E-state index is 12.3. The molecule has 3 heterocycles. The molecule has 3 aromatic heterocycles. The number of hydrogen-bond acceptors (Lipinski definition) is 7. The fourth-order valence-corrected chi connectivity index (χ4v) is 4.06. The summed E-state index contributed by atoms with van der Waals surface area (Å²) in [6.45, 7) is 3.61. The van der Waals surface area contributed by atoms with E-state index in [1.54, 1.807) is 18.4 Å². The van der Waals surface area contributed by atoms with Crippen LogP contribution in [-0.4, -0.2) is 36.1 Å². The highest BCUT2D eigenvalue weighted by atomic mass is 32.1. The van der Waals surface area contributed by atoms with Crippen LogP contribution in [0, 0.1) is 6.92 Å². The van der Waals surface area contributed by atoms with Crippen LogP contribution in [0.25, 0.3) is 10.2 Å². The van der Waals surface area contributed by atoms with E-state index >= 15 is 0 Å². The van der Waals surface area contributed by atoms with Crippen molar-refractivity contribution in [3.63, 3.8) is 0 Å². The van der Waals surface area contributed by atoms with Gasteiger partial charge in [-0.05, 0) is 23.9 Å².